The summed E-state index contributed by atoms with van der Waals surface area (Å²) in [4.78, 5) is 57.4. The first kappa shape index (κ1) is 31.0. The van der Waals surface area contributed by atoms with E-state index in [-0.39, 0.29) is 30.0 Å². The Hall–Kier alpha value is -4.46. The Labute approximate surface area is 259 Å². The number of amides is 3. The van der Waals surface area contributed by atoms with E-state index in [9.17, 15) is 19.2 Å². The summed E-state index contributed by atoms with van der Waals surface area (Å²) in [5, 5.41) is 3.03. The van der Waals surface area contributed by atoms with Gasteiger partial charge in [-0.05, 0) is 68.1 Å². The van der Waals surface area contributed by atoms with Crippen molar-refractivity contribution in [1.29, 1.82) is 0 Å². The van der Waals surface area contributed by atoms with Crippen LogP contribution in [0.2, 0.25) is 0 Å². The fourth-order valence-electron chi connectivity index (χ4n) is 6.18. The van der Waals surface area contributed by atoms with Crippen LogP contribution in [0.4, 0.5) is 0 Å². The number of rotatable bonds is 8. The molecule has 0 aromatic heterocycles. The van der Waals surface area contributed by atoms with Gasteiger partial charge in [-0.2, -0.15) is 0 Å². The van der Waals surface area contributed by atoms with E-state index in [0.29, 0.717) is 54.5 Å². The van der Waals surface area contributed by atoms with Crippen LogP contribution in [-0.4, -0.2) is 65.0 Å². The van der Waals surface area contributed by atoms with E-state index in [2.05, 4.69) is 5.32 Å². The topological polar surface area (TPSA) is 96.0 Å². The van der Waals surface area contributed by atoms with Crippen LogP contribution in [0.3, 0.4) is 0 Å². The lowest BCUT2D eigenvalue weighted by Crippen LogP contribution is -2.56. The van der Waals surface area contributed by atoms with Gasteiger partial charge in [-0.25, -0.2) is 0 Å². The number of nitrogens with one attached hydrogen (secondary N) is 1. The van der Waals surface area contributed by atoms with Crippen LogP contribution in [0.1, 0.15) is 72.6 Å². The summed E-state index contributed by atoms with van der Waals surface area (Å²) in [6.07, 6.45) is 6.51. The lowest BCUT2D eigenvalue weighted by atomic mass is 9.84. The van der Waals surface area contributed by atoms with Crippen LogP contribution in [0, 0.1) is 5.92 Å². The standard InChI is InChI=1S/C36H41N3O5/c1-26-33(40)25-38(35(42)28-15-7-3-8-16-28)21-12-22-39(26)36(43)32(23-27-13-5-2-6-14-27)37-34(41)29-17-11-20-31(24-29)44-30-18-9-4-10-19-30/h3-4,7-11,15-20,24,26-27,32H,2,5-6,12-14,21-23,25H2,1H3,(H,37,41)/t26?,32-/m0/s1. The molecule has 44 heavy (non-hydrogen) atoms. The number of benzene rings is 3. The van der Waals surface area contributed by atoms with E-state index in [0.717, 1.165) is 25.7 Å². The van der Waals surface area contributed by atoms with Crippen molar-refractivity contribution in [1.82, 2.24) is 15.1 Å². The Kier molecular flexibility index (Phi) is 10.4. The second-order valence-corrected chi connectivity index (χ2v) is 11.8. The quantitative estimate of drug-likeness (QED) is 0.351. The van der Waals surface area contributed by atoms with Crippen LogP contribution < -0.4 is 10.1 Å². The first-order valence-corrected chi connectivity index (χ1v) is 15.7. The molecule has 0 bridgehead atoms. The second kappa shape index (κ2) is 14.8. The van der Waals surface area contributed by atoms with Crippen molar-refractivity contribution in [3.05, 3.63) is 96.1 Å². The van der Waals surface area contributed by atoms with Gasteiger partial charge in [0.05, 0.1) is 12.6 Å². The number of carbonyl (C=O) groups excluding carboxylic acids is 4. The average Bonchev–Trinajstić information content (AvgIpc) is 3.05. The van der Waals surface area contributed by atoms with Crippen molar-refractivity contribution in [2.45, 2.75) is 64.0 Å². The Balaban J connectivity index is 1.30. The molecule has 5 rings (SSSR count). The molecule has 2 aliphatic rings. The predicted molar refractivity (Wildman–Crippen MR) is 169 cm³/mol. The molecule has 8 nitrogen and oxygen atoms in total. The highest BCUT2D eigenvalue weighted by molar-refractivity contribution is 6.00. The number of ether oxygens (including phenoxy) is 1. The average molecular weight is 596 g/mol. The highest BCUT2D eigenvalue weighted by Gasteiger charge is 2.36. The van der Waals surface area contributed by atoms with E-state index in [4.69, 9.17) is 4.74 Å². The minimum Gasteiger partial charge on any atom is -0.457 e. The number of ketones is 1. The number of Topliss-reactive ketones (excluding diaryl/α,β-unsaturated/α-hetero) is 1. The smallest absolute Gasteiger partial charge is 0.254 e. The summed E-state index contributed by atoms with van der Waals surface area (Å²) in [5.74, 6) is 0.521. The second-order valence-electron chi connectivity index (χ2n) is 11.8. The van der Waals surface area contributed by atoms with Crippen LogP contribution >= 0.6 is 0 Å². The molecule has 2 atom stereocenters. The van der Waals surface area contributed by atoms with Crippen molar-refractivity contribution in [3.63, 3.8) is 0 Å². The van der Waals surface area contributed by atoms with E-state index in [1.165, 1.54) is 6.42 Å². The van der Waals surface area contributed by atoms with Crippen LogP contribution in [0.5, 0.6) is 11.5 Å². The van der Waals surface area contributed by atoms with Gasteiger partial charge in [-0.15, -0.1) is 0 Å². The Bertz CT molecular complexity index is 1440. The minimum absolute atomic E-state index is 0.0630. The molecule has 1 saturated carbocycles. The summed E-state index contributed by atoms with van der Waals surface area (Å²) in [5.41, 5.74) is 0.932. The maximum atomic E-state index is 14.2. The van der Waals surface area contributed by atoms with Gasteiger partial charge in [-0.3, -0.25) is 19.2 Å². The molecule has 1 aliphatic carbocycles. The zero-order valence-corrected chi connectivity index (χ0v) is 25.3. The zero-order chi connectivity index (χ0) is 30.9. The Morgan fingerprint density at radius 3 is 2.20 bits per heavy atom. The highest BCUT2D eigenvalue weighted by atomic mass is 16.5. The first-order valence-electron chi connectivity index (χ1n) is 15.7. The Morgan fingerprint density at radius 1 is 0.818 bits per heavy atom. The molecular weight excluding hydrogens is 554 g/mol. The van der Waals surface area contributed by atoms with Crippen molar-refractivity contribution >= 4 is 23.5 Å². The molecular formula is C36H41N3O5. The van der Waals surface area contributed by atoms with Crippen LogP contribution in [-0.2, 0) is 9.59 Å². The molecule has 1 saturated heterocycles. The van der Waals surface area contributed by atoms with Crippen molar-refractivity contribution < 1.29 is 23.9 Å². The largest absolute Gasteiger partial charge is 0.457 e. The zero-order valence-electron chi connectivity index (χ0n) is 25.3. The van der Waals surface area contributed by atoms with Crippen LogP contribution in [0.25, 0.3) is 0 Å². The molecule has 1 N–H and O–H groups in total. The number of carbonyl (C=O) groups is 4. The SMILES string of the molecule is CC1C(=O)CN(C(=O)c2ccccc2)CCCN1C(=O)[C@H](CC1CCCCC1)NC(=O)c1cccc(Oc2ccccc2)c1. The van der Waals surface area contributed by atoms with Gasteiger partial charge in [0.15, 0.2) is 5.78 Å². The third-order valence-electron chi connectivity index (χ3n) is 8.67. The molecule has 8 heteroatoms. The highest BCUT2D eigenvalue weighted by Crippen LogP contribution is 2.29. The fourth-order valence-corrected chi connectivity index (χ4v) is 6.18. The normalized spacial score (nSPS) is 18.6. The molecule has 0 radical (unpaired) electrons. The van der Waals surface area contributed by atoms with Gasteiger partial charge >= 0.3 is 0 Å². The van der Waals surface area contributed by atoms with Gasteiger partial charge in [-0.1, -0.05) is 74.6 Å². The van der Waals surface area contributed by atoms with E-state index < -0.39 is 12.1 Å². The number of hydrogen-bond donors (Lipinski definition) is 1. The lowest BCUT2D eigenvalue weighted by molar-refractivity contribution is -0.142. The fraction of sp³-hybridized carbons (Fsp3) is 0.389. The number of nitrogens with zero attached hydrogens (tertiary/aromatic N) is 2. The summed E-state index contributed by atoms with van der Waals surface area (Å²) in [6.45, 7) is 2.35. The van der Waals surface area contributed by atoms with Gasteiger partial charge < -0.3 is 19.9 Å². The summed E-state index contributed by atoms with van der Waals surface area (Å²) in [7, 11) is 0. The van der Waals surface area contributed by atoms with Crippen molar-refractivity contribution in [3.8, 4) is 11.5 Å². The predicted octanol–water partition coefficient (Wildman–Crippen LogP) is 5.88. The molecule has 3 aromatic rings. The third kappa shape index (κ3) is 7.92. The monoisotopic (exact) mass is 595 g/mol. The van der Waals surface area contributed by atoms with Crippen molar-refractivity contribution in [2.24, 2.45) is 5.92 Å². The molecule has 1 heterocycles. The van der Waals surface area contributed by atoms with Gasteiger partial charge in [0, 0.05) is 24.2 Å². The lowest BCUT2D eigenvalue weighted by Gasteiger charge is -2.37. The Morgan fingerprint density at radius 2 is 1.48 bits per heavy atom. The van der Waals surface area contributed by atoms with Crippen LogP contribution in [0.15, 0.2) is 84.9 Å². The molecule has 230 valence electrons. The van der Waals surface area contributed by atoms with Crippen molar-refractivity contribution in [2.75, 3.05) is 19.6 Å². The maximum absolute atomic E-state index is 14.2. The third-order valence-corrected chi connectivity index (χ3v) is 8.67. The molecule has 1 unspecified atom stereocenters. The molecule has 1 aliphatic heterocycles. The van der Waals surface area contributed by atoms with E-state index >= 15 is 0 Å². The summed E-state index contributed by atoms with van der Waals surface area (Å²) >= 11 is 0. The summed E-state index contributed by atoms with van der Waals surface area (Å²) in [6, 6.07) is 23.7. The molecule has 3 amide bonds. The molecule has 2 fully saturated rings. The molecule has 0 spiro atoms. The van der Waals surface area contributed by atoms with E-state index in [1.54, 1.807) is 65.3 Å². The molecule has 3 aromatic carbocycles. The van der Waals surface area contributed by atoms with Gasteiger partial charge in [0.2, 0.25) is 5.91 Å². The van der Waals surface area contributed by atoms with E-state index in [1.807, 2.05) is 36.4 Å². The minimum atomic E-state index is -0.763. The first-order chi connectivity index (χ1) is 21.4. The van der Waals surface area contributed by atoms with Gasteiger partial charge in [0.1, 0.15) is 17.5 Å². The number of para-hydroxylation sites is 1. The van der Waals surface area contributed by atoms with Gasteiger partial charge in [0.25, 0.3) is 11.8 Å². The number of hydrogen-bond acceptors (Lipinski definition) is 5. The maximum Gasteiger partial charge on any atom is 0.254 e. The summed E-state index contributed by atoms with van der Waals surface area (Å²) < 4.78 is 5.92.